The monoisotopic (exact) mass is 882 g/mol. The third-order valence-corrected chi connectivity index (χ3v) is 18.5. The molecule has 62 heavy (non-hydrogen) atoms. The van der Waals surface area contributed by atoms with E-state index >= 15 is 0 Å². The van der Waals surface area contributed by atoms with Crippen molar-refractivity contribution in [3.63, 3.8) is 0 Å². The SMILES string of the molecule is CC(C)=C[C@H]1CC(C)(O)C2C3CCC4[C@@]5(C)CCC[C@](C)(O[C@H]6OC[C@H](O)[C@H](OC7O[C@H](CO)[C@@H](O)[C@H](O)[C@H]7O)[C@H]6O[C@H]6C[C@H](CO)[C@@H](O)[C@@H]6O)C5CC[C@@]4(C)[C@@]34CO[C@@]2(C4)O1. The van der Waals surface area contributed by atoms with E-state index in [1.54, 1.807) is 0 Å². The van der Waals surface area contributed by atoms with E-state index in [2.05, 4.69) is 40.7 Å². The highest BCUT2D eigenvalue weighted by molar-refractivity contribution is 5.26. The number of hydrogen-bond acceptors (Lipinski definition) is 16. The first-order chi connectivity index (χ1) is 29.2. The van der Waals surface area contributed by atoms with Crippen molar-refractivity contribution in [1.82, 2.24) is 0 Å². The highest BCUT2D eigenvalue weighted by Gasteiger charge is 2.81. The van der Waals surface area contributed by atoms with Crippen LogP contribution in [0.5, 0.6) is 0 Å². The first-order valence-electron chi connectivity index (χ1n) is 23.4. The molecule has 9 fully saturated rings. The van der Waals surface area contributed by atoms with Crippen LogP contribution >= 0.6 is 0 Å². The Morgan fingerprint density at radius 1 is 0.790 bits per heavy atom. The predicted octanol–water partition coefficient (Wildman–Crippen LogP) is 1.02. The van der Waals surface area contributed by atoms with Crippen molar-refractivity contribution in [2.24, 2.45) is 45.8 Å². The van der Waals surface area contributed by atoms with Crippen LogP contribution in [0.1, 0.15) is 106 Å². The van der Waals surface area contributed by atoms with Crippen LogP contribution in [-0.4, -0.2) is 169 Å². The Balaban J connectivity index is 1.00. The summed E-state index contributed by atoms with van der Waals surface area (Å²) in [5.41, 5.74) is -0.967. The molecule has 2 spiro atoms. The maximum Gasteiger partial charge on any atom is 0.187 e. The summed E-state index contributed by atoms with van der Waals surface area (Å²) in [4.78, 5) is 0. The van der Waals surface area contributed by atoms with Crippen molar-refractivity contribution >= 4 is 0 Å². The Kier molecular flexibility index (Phi) is 12.0. The van der Waals surface area contributed by atoms with E-state index in [1.165, 1.54) is 0 Å². The van der Waals surface area contributed by atoms with Crippen LogP contribution in [0.3, 0.4) is 0 Å². The fourth-order valence-electron chi connectivity index (χ4n) is 15.8. The number of aliphatic hydroxyl groups is 9. The Bertz CT molecular complexity index is 1680. The van der Waals surface area contributed by atoms with Crippen LogP contribution in [-0.2, 0) is 33.2 Å². The fraction of sp³-hybridized carbons (Fsp3) is 0.957. The van der Waals surface area contributed by atoms with Crippen molar-refractivity contribution in [3.8, 4) is 0 Å². The molecule has 0 radical (unpaired) electrons. The molecule has 4 aliphatic heterocycles. The summed E-state index contributed by atoms with van der Waals surface area (Å²) in [5, 5.41) is 97.4. The molecule has 16 nitrogen and oxygen atoms in total. The molecule has 0 aromatic carbocycles. The topological polar surface area (TPSA) is 247 Å². The maximum atomic E-state index is 12.2. The summed E-state index contributed by atoms with van der Waals surface area (Å²) in [7, 11) is 0. The van der Waals surface area contributed by atoms with Gasteiger partial charge >= 0.3 is 0 Å². The molecule has 6 unspecified atom stereocenters. The van der Waals surface area contributed by atoms with Gasteiger partial charge in [-0.1, -0.05) is 31.9 Å². The van der Waals surface area contributed by atoms with Crippen molar-refractivity contribution in [2.75, 3.05) is 26.4 Å². The van der Waals surface area contributed by atoms with E-state index < -0.39 is 103 Å². The summed E-state index contributed by atoms with van der Waals surface area (Å²) in [6, 6.07) is 0. The summed E-state index contributed by atoms with van der Waals surface area (Å²) < 4.78 is 45.8. The number of allylic oxidation sites excluding steroid dienone is 1. The predicted molar refractivity (Wildman–Crippen MR) is 218 cm³/mol. The van der Waals surface area contributed by atoms with Crippen molar-refractivity contribution < 1.29 is 79.1 Å². The van der Waals surface area contributed by atoms with Gasteiger partial charge in [-0.15, -0.1) is 0 Å². The van der Waals surface area contributed by atoms with Gasteiger partial charge in [-0.2, -0.15) is 0 Å². The first kappa shape index (κ1) is 46.2. The summed E-state index contributed by atoms with van der Waals surface area (Å²) in [6.45, 7) is 12.4. The second-order valence-corrected chi connectivity index (χ2v) is 22.3. The fourth-order valence-corrected chi connectivity index (χ4v) is 15.8. The molecule has 354 valence electrons. The van der Waals surface area contributed by atoms with Gasteiger partial charge in [0.25, 0.3) is 0 Å². The smallest absolute Gasteiger partial charge is 0.187 e. The minimum atomic E-state index is -1.76. The Morgan fingerprint density at radius 3 is 2.24 bits per heavy atom. The van der Waals surface area contributed by atoms with Crippen LogP contribution in [0.25, 0.3) is 0 Å². The molecule has 9 aliphatic rings. The standard InChI is InChI=1S/C46H74O16/c1-22(2)14-24-16-43(5,55)38-25-8-9-29-41(3)11-7-12-44(6,30(41)10-13-42(29,4)45(25)20-46(38,61-24)57-21-45)62-40-37(58-27-15-23(17-47)31(50)32(27)51)36(26(49)19-56-40)60-39-35(54)34(53)33(52)28(18-48)59-39/h14,23-40,47-55H,7-13,15-21H2,1-6H3/t23-,24+,25?,26+,27+,28-,29?,30?,31-,32-,33-,34+,35-,36+,37-,38?,39?,40-,41-,42-,43?,44+,45+,46+/m1/s1. The number of fused-ring (bicyclic) bond motifs is 4. The van der Waals surface area contributed by atoms with Gasteiger partial charge in [-0.05, 0) is 101 Å². The summed E-state index contributed by atoms with van der Waals surface area (Å²) in [6.07, 6.45) is -7.11. The third kappa shape index (κ3) is 6.89. The molecule has 24 atom stereocenters. The molecule has 5 saturated carbocycles. The third-order valence-electron chi connectivity index (χ3n) is 18.5. The van der Waals surface area contributed by atoms with Gasteiger partial charge in [0.1, 0.15) is 48.8 Å². The molecular formula is C46H74O16. The molecule has 0 aromatic heterocycles. The number of ether oxygens (including phenoxy) is 7. The van der Waals surface area contributed by atoms with Gasteiger partial charge in [0.2, 0.25) is 0 Å². The number of rotatable bonds is 9. The molecule has 9 N–H and O–H groups in total. The lowest BCUT2D eigenvalue weighted by atomic mass is 9.36. The zero-order chi connectivity index (χ0) is 44.5. The normalized spacial score (nSPS) is 58.2. The number of aliphatic hydroxyl groups excluding tert-OH is 8. The molecule has 9 rings (SSSR count). The molecule has 2 bridgehead atoms. The minimum absolute atomic E-state index is 0.0784. The lowest BCUT2D eigenvalue weighted by Gasteiger charge is -2.70. The lowest BCUT2D eigenvalue weighted by molar-refractivity contribution is -0.373. The summed E-state index contributed by atoms with van der Waals surface area (Å²) >= 11 is 0. The van der Waals surface area contributed by atoms with E-state index in [-0.39, 0.29) is 59.7 Å². The zero-order valence-corrected chi connectivity index (χ0v) is 37.3. The summed E-state index contributed by atoms with van der Waals surface area (Å²) in [5.74, 6) is -0.947. The first-order valence-corrected chi connectivity index (χ1v) is 23.4. The molecule has 0 aromatic rings. The molecule has 5 aliphatic carbocycles. The van der Waals surface area contributed by atoms with E-state index in [0.29, 0.717) is 25.4 Å². The molecular weight excluding hydrogens is 808 g/mol. The van der Waals surface area contributed by atoms with Crippen LogP contribution < -0.4 is 0 Å². The largest absolute Gasteiger partial charge is 0.396 e. The van der Waals surface area contributed by atoms with Crippen molar-refractivity contribution in [3.05, 3.63) is 11.6 Å². The van der Waals surface area contributed by atoms with E-state index in [1.807, 2.05) is 6.92 Å². The van der Waals surface area contributed by atoms with Crippen molar-refractivity contribution in [1.29, 1.82) is 0 Å². The second kappa shape index (κ2) is 16.1. The van der Waals surface area contributed by atoms with Gasteiger partial charge in [-0.3, -0.25) is 0 Å². The van der Waals surface area contributed by atoms with Crippen LogP contribution in [0.15, 0.2) is 11.6 Å². The highest BCUT2D eigenvalue weighted by atomic mass is 16.7. The van der Waals surface area contributed by atoms with Crippen molar-refractivity contribution in [2.45, 2.75) is 202 Å². The van der Waals surface area contributed by atoms with E-state index in [0.717, 1.165) is 50.5 Å². The van der Waals surface area contributed by atoms with E-state index in [4.69, 9.17) is 33.2 Å². The Hall–Kier alpha value is -0.900. The van der Waals surface area contributed by atoms with Gasteiger partial charge in [0.05, 0.1) is 49.3 Å². The van der Waals surface area contributed by atoms with Gasteiger partial charge in [0, 0.05) is 36.7 Å². The quantitative estimate of drug-likeness (QED) is 0.147. The average Bonchev–Trinajstić information content (AvgIpc) is 3.82. The number of hydrogen-bond donors (Lipinski definition) is 9. The molecule has 4 saturated heterocycles. The van der Waals surface area contributed by atoms with Gasteiger partial charge in [-0.25, -0.2) is 0 Å². The Morgan fingerprint density at radius 2 is 1.55 bits per heavy atom. The average molecular weight is 883 g/mol. The molecule has 16 heteroatoms. The molecule has 4 heterocycles. The maximum absolute atomic E-state index is 12.2. The lowest BCUT2D eigenvalue weighted by Crippen LogP contribution is -2.68. The zero-order valence-electron chi connectivity index (χ0n) is 37.3. The van der Waals surface area contributed by atoms with Crippen LogP contribution in [0.2, 0.25) is 0 Å². The Labute approximate surface area is 364 Å². The highest BCUT2D eigenvalue weighted by Crippen LogP contribution is 2.80. The second-order valence-electron chi connectivity index (χ2n) is 22.3. The van der Waals surface area contributed by atoms with Gasteiger partial charge < -0.3 is 79.1 Å². The van der Waals surface area contributed by atoms with Gasteiger partial charge in [0.15, 0.2) is 18.4 Å². The van der Waals surface area contributed by atoms with Crippen LogP contribution in [0, 0.1) is 45.8 Å². The molecule has 0 amide bonds. The minimum Gasteiger partial charge on any atom is -0.396 e. The van der Waals surface area contributed by atoms with Crippen LogP contribution in [0.4, 0.5) is 0 Å². The van der Waals surface area contributed by atoms with E-state index in [9.17, 15) is 46.0 Å².